The van der Waals surface area contributed by atoms with Crippen LogP contribution >= 0.6 is 0 Å². The zero-order valence-corrected chi connectivity index (χ0v) is 11.9. The third-order valence-electron chi connectivity index (χ3n) is 2.96. The van der Waals surface area contributed by atoms with Gasteiger partial charge in [-0.3, -0.25) is 0 Å². The highest BCUT2D eigenvalue weighted by molar-refractivity contribution is 5.74. The van der Waals surface area contributed by atoms with Crippen molar-refractivity contribution in [1.82, 2.24) is 20.8 Å². The fraction of sp³-hybridized carbons (Fsp3) is 0.357. The molecule has 0 saturated carbocycles. The molecule has 2 N–H and O–H groups in total. The maximum atomic E-state index is 12.8. The van der Waals surface area contributed by atoms with Crippen LogP contribution in [-0.2, 0) is 6.54 Å². The Morgan fingerprint density at radius 2 is 2.10 bits per heavy atom. The Hall–Kier alpha value is -2.44. The maximum absolute atomic E-state index is 12.8. The number of rotatable bonds is 5. The summed E-state index contributed by atoms with van der Waals surface area (Å²) < 4.78 is 17.9. The van der Waals surface area contributed by atoms with E-state index in [-0.39, 0.29) is 30.3 Å². The molecule has 1 aromatic carbocycles. The Balaban J connectivity index is 1.91. The predicted octanol–water partition coefficient (Wildman–Crippen LogP) is 2.47. The summed E-state index contributed by atoms with van der Waals surface area (Å²) in [7, 11) is 0. The van der Waals surface area contributed by atoms with Crippen LogP contribution < -0.4 is 10.6 Å². The van der Waals surface area contributed by atoms with E-state index in [2.05, 4.69) is 20.8 Å². The van der Waals surface area contributed by atoms with Gasteiger partial charge < -0.3 is 15.2 Å². The average Bonchev–Trinajstić information content (AvgIpc) is 2.94. The first-order valence-electron chi connectivity index (χ1n) is 6.71. The zero-order chi connectivity index (χ0) is 15.2. The molecule has 0 aliphatic carbocycles. The Bertz CT molecular complexity index is 597. The van der Waals surface area contributed by atoms with Crippen LogP contribution in [0.1, 0.15) is 26.2 Å². The van der Waals surface area contributed by atoms with Gasteiger partial charge in [-0.05, 0) is 37.6 Å². The molecule has 21 heavy (non-hydrogen) atoms. The van der Waals surface area contributed by atoms with E-state index in [1.807, 2.05) is 13.8 Å². The molecule has 1 unspecified atom stereocenters. The molecule has 0 saturated heterocycles. The van der Waals surface area contributed by atoms with Crippen molar-refractivity contribution >= 4 is 6.03 Å². The molecule has 1 aromatic heterocycles. The second-order valence-corrected chi connectivity index (χ2v) is 4.65. The minimum atomic E-state index is -0.328. The number of carbonyl (C=O) groups excluding carboxylic acids is 1. The van der Waals surface area contributed by atoms with Gasteiger partial charge in [0.15, 0.2) is 0 Å². The van der Waals surface area contributed by atoms with Gasteiger partial charge in [0.2, 0.25) is 11.7 Å². The minimum Gasteiger partial charge on any atom is -0.337 e. The summed E-state index contributed by atoms with van der Waals surface area (Å²) in [5.74, 6) is 0.314. The molecule has 0 spiro atoms. The highest BCUT2D eigenvalue weighted by Gasteiger charge is 2.10. The fourth-order valence-corrected chi connectivity index (χ4v) is 1.58. The van der Waals surface area contributed by atoms with Crippen molar-refractivity contribution in [2.45, 2.75) is 32.9 Å². The number of amides is 2. The first kappa shape index (κ1) is 15.0. The lowest BCUT2D eigenvalue weighted by Gasteiger charge is -2.11. The molecular weight excluding hydrogens is 275 g/mol. The van der Waals surface area contributed by atoms with E-state index in [9.17, 15) is 9.18 Å². The molecule has 2 amide bonds. The smallest absolute Gasteiger partial charge is 0.315 e. The lowest BCUT2D eigenvalue weighted by Crippen LogP contribution is -2.40. The van der Waals surface area contributed by atoms with Crippen molar-refractivity contribution in [3.8, 4) is 11.4 Å². The molecule has 0 bridgehead atoms. The molecule has 2 rings (SSSR count). The molecule has 0 radical (unpaired) electrons. The number of carbonyl (C=O) groups is 1. The third kappa shape index (κ3) is 4.27. The quantitative estimate of drug-likeness (QED) is 0.887. The summed E-state index contributed by atoms with van der Waals surface area (Å²) in [6.07, 6.45) is 0.850. The summed E-state index contributed by atoms with van der Waals surface area (Å²) in [6.45, 7) is 4.04. The van der Waals surface area contributed by atoms with Crippen LogP contribution in [0.4, 0.5) is 9.18 Å². The summed E-state index contributed by atoms with van der Waals surface area (Å²) in [4.78, 5) is 15.7. The van der Waals surface area contributed by atoms with Crippen LogP contribution in [0.25, 0.3) is 11.4 Å². The number of benzene rings is 1. The summed E-state index contributed by atoms with van der Waals surface area (Å²) >= 11 is 0. The highest BCUT2D eigenvalue weighted by Crippen LogP contribution is 2.15. The zero-order valence-electron chi connectivity index (χ0n) is 11.9. The Morgan fingerprint density at radius 3 is 2.76 bits per heavy atom. The number of halogens is 1. The molecule has 7 heteroatoms. The van der Waals surface area contributed by atoms with Crippen LogP contribution in [-0.4, -0.2) is 22.2 Å². The van der Waals surface area contributed by atoms with E-state index in [1.54, 1.807) is 12.1 Å². The first-order chi connectivity index (χ1) is 10.1. The van der Waals surface area contributed by atoms with Crippen LogP contribution in [0, 0.1) is 5.82 Å². The van der Waals surface area contributed by atoms with Crippen molar-refractivity contribution < 1.29 is 13.7 Å². The van der Waals surface area contributed by atoms with Gasteiger partial charge in [-0.15, -0.1) is 0 Å². The molecule has 0 aliphatic rings. The lowest BCUT2D eigenvalue weighted by molar-refractivity contribution is 0.235. The van der Waals surface area contributed by atoms with Gasteiger partial charge >= 0.3 is 6.03 Å². The van der Waals surface area contributed by atoms with Gasteiger partial charge in [-0.25, -0.2) is 9.18 Å². The van der Waals surface area contributed by atoms with Gasteiger partial charge in [0.05, 0.1) is 6.54 Å². The number of nitrogens with one attached hydrogen (secondary N) is 2. The Labute approximate surface area is 121 Å². The summed E-state index contributed by atoms with van der Waals surface area (Å²) in [5.41, 5.74) is 0.649. The SMILES string of the molecule is CCC(C)NC(=O)NCc1nc(-c2ccc(F)cc2)no1. The molecule has 1 atom stereocenters. The monoisotopic (exact) mass is 292 g/mol. The van der Waals surface area contributed by atoms with Gasteiger partial charge in [0.1, 0.15) is 5.82 Å². The summed E-state index contributed by atoms with van der Waals surface area (Å²) in [6, 6.07) is 5.58. The average molecular weight is 292 g/mol. The molecule has 6 nitrogen and oxygen atoms in total. The van der Waals surface area contributed by atoms with Crippen molar-refractivity contribution in [2.75, 3.05) is 0 Å². The molecule has 112 valence electrons. The summed E-state index contributed by atoms with van der Waals surface area (Å²) in [5, 5.41) is 9.19. The van der Waals surface area contributed by atoms with Crippen LogP contribution in [0.2, 0.25) is 0 Å². The van der Waals surface area contributed by atoms with E-state index in [4.69, 9.17) is 4.52 Å². The van der Waals surface area contributed by atoms with Crippen LogP contribution in [0.3, 0.4) is 0 Å². The number of aromatic nitrogens is 2. The van der Waals surface area contributed by atoms with Crippen molar-refractivity contribution in [1.29, 1.82) is 0 Å². The third-order valence-corrected chi connectivity index (χ3v) is 2.96. The first-order valence-corrected chi connectivity index (χ1v) is 6.71. The minimum absolute atomic E-state index is 0.0995. The molecular formula is C14H17FN4O2. The maximum Gasteiger partial charge on any atom is 0.315 e. The van der Waals surface area contributed by atoms with E-state index in [0.29, 0.717) is 11.4 Å². The predicted molar refractivity (Wildman–Crippen MR) is 74.8 cm³/mol. The van der Waals surface area contributed by atoms with E-state index in [0.717, 1.165) is 6.42 Å². The Kier molecular flexibility index (Phi) is 4.86. The van der Waals surface area contributed by atoms with Gasteiger partial charge in [-0.2, -0.15) is 4.98 Å². The van der Waals surface area contributed by atoms with Crippen LogP contribution in [0.15, 0.2) is 28.8 Å². The highest BCUT2D eigenvalue weighted by atomic mass is 19.1. The molecule has 0 aliphatic heterocycles. The molecule has 1 heterocycles. The van der Waals surface area contributed by atoms with Gasteiger partial charge in [0.25, 0.3) is 0 Å². The number of hydrogen-bond acceptors (Lipinski definition) is 4. The van der Waals surface area contributed by atoms with E-state index >= 15 is 0 Å². The fourth-order valence-electron chi connectivity index (χ4n) is 1.58. The lowest BCUT2D eigenvalue weighted by atomic mass is 10.2. The largest absolute Gasteiger partial charge is 0.337 e. The van der Waals surface area contributed by atoms with E-state index < -0.39 is 0 Å². The topological polar surface area (TPSA) is 80.0 Å². The van der Waals surface area contributed by atoms with Gasteiger partial charge in [0, 0.05) is 11.6 Å². The number of urea groups is 1. The second-order valence-electron chi connectivity index (χ2n) is 4.65. The standard InChI is InChI=1S/C14H17FN4O2/c1-3-9(2)17-14(20)16-8-12-18-13(19-21-12)10-4-6-11(15)7-5-10/h4-7,9H,3,8H2,1-2H3,(H2,16,17,20). The second kappa shape index (κ2) is 6.83. The van der Waals surface area contributed by atoms with Crippen LogP contribution in [0.5, 0.6) is 0 Å². The molecule has 2 aromatic rings. The van der Waals surface area contributed by atoms with E-state index in [1.165, 1.54) is 12.1 Å². The molecule has 0 fully saturated rings. The Morgan fingerprint density at radius 1 is 1.38 bits per heavy atom. The number of hydrogen-bond donors (Lipinski definition) is 2. The van der Waals surface area contributed by atoms with Gasteiger partial charge in [-0.1, -0.05) is 12.1 Å². The van der Waals surface area contributed by atoms with Crippen molar-refractivity contribution in [3.05, 3.63) is 36.0 Å². The number of nitrogens with zero attached hydrogens (tertiary/aromatic N) is 2. The normalized spacial score (nSPS) is 12.0. The van der Waals surface area contributed by atoms with Crippen molar-refractivity contribution in [3.63, 3.8) is 0 Å². The van der Waals surface area contributed by atoms with Crippen molar-refractivity contribution in [2.24, 2.45) is 0 Å².